The molecule has 1 saturated heterocycles. The fourth-order valence-electron chi connectivity index (χ4n) is 2.27. The van der Waals surface area contributed by atoms with E-state index in [1.165, 1.54) is 38.0 Å². The van der Waals surface area contributed by atoms with Gasteiger partial charge in [-0.1, -0.05) is 45.4 Å². The van der Waals surface area contributed by atoms with Crippen LogP contribution in [-0.4, -0.2) is 13.1 Å². The van der Waals surface area contributed by atoms with Crippen molar-refractivity contribution in [1.82, 2.24) is 0 Å². The molecule has 1 aliphatic heterocycles. The van der Waals surface area contributed by atoms with Crippen molar-refractivity contribution in [1.29, 1.82) is 0 Å². The molecular formula is C15H25N. The van der Waals surface area contributed by atoms with E-state index < -0.39 is 0 Å². The van der Waals surface area contributed by atoms with Crippen LogP contribution in [0.15, 0.2) is 30.3 Å². The third kappa shape index (κ3) is 3.55. The summed E-state index contributed by atoms with van der Waals surface area (Å²) in [6, 6.07) is 10.8. The zero-order valence-corrected chi connectivity index (χ0v) is 10.9. The monoisotopic (exact) mass is 219 g/mol. The molecular weight excluding hydrogens is 194 g/mol. The van der Waals surface area contributed by atoms with E-state index in [0.29, 0.717) is 0 Å². The minimum Gasteiger partial charge on any atom is -0.371 e. The van der Waals surface area contributed by atoms with E-state index in [2.05, 4.69) is 42.2 Å². The van der Waals surface area contributed by atoms with Gasteiger partial charge in [-0.05, 0) is 30.9 Å². The molecule has 1 heterocycles. The minimum absolute atomic E-state index is 0.906. The first-order valence-electron chi connectivity index (χ1n) is 6.70. The predicted molar refractivity (Wildman–Crippen MR) is 73.0 cm³/mol. The van der Waals surface area contributed by atoms with Gasteiger partial charge in [-0.2, -0.15) is 0 Å². The van der Waals surface area contributed by atoms with Crippen molar-refractivity contribution in [3.8, 4) is 0 Å². The topological polar surface area (TPSA) is 3.24 Å². The average molecular weight is 219 g/mol. The van der Waals surface area contributed by atoms with Crippen molar-refractivity contribution in [2.75, 3.05) is 18.0 Å². The minimum atomic E-state index is 0.906. The van der Waals surface area contributed by atoms with Gasteiger partial charge in [0.05, 0.1) is 0 Å². The van der Waals surface area contributed by atoms with Crippen LogP contribution in [0.1, 0.15) is 40.0 Å². The molecule has 1 atom stereocenters. The highest BCUT2D eigenvalue weighted by molar-refractivity contribution is 5.46. The molecule has 0 aliphatic carbocycles. The Labute approximate surface area is 100 Å². The Bertz CT molecular complexity index is 268. The van der Waals surface area contributed by atoms with E-state index in [9.17, 15) is 0 Å². The van der Waals surface area contributed by atoms with Gasteiger partial charge in [0.25, 0.3) is 0 Å². The third-order valence-electron chi connectivity index (χ3n) is 3.22. The van der Waals surface area contributed by atoms with E-state index >= 15 is 0 Å². The molecule has 0 N–H and O–H groups in total. The van der Waals surface area contributed by atoms with Crippen molar-refractivity contribution in [2.45, 2.75) is 40.0 Å². The van der Waals surface area contributed by atoms with Crippen LogP contribution in [0.4, 0.5) is 5.69 Å². The summed E-state index contributed by atoms with van der Waals surface area (Å²) in [5.41, 5.74) is 1.39. The SMILES string of the molecule is CC.CCC1CCCN(c2ccccc2)C1. The maximum absolute atomic E-state index is 2.53. The van der Waals surface area contributed by atoms with Gasteiger partial charge in [0.15, 0.2) is 0 Å². The second kappa shape index (κ2) is 7.32. The number of benzene rings is 1. The van der Waals surface area contributed by atoms with Gasteiger partial charge < -0.3 is 4.90 Å². The first-order chi connectivity index (χ1) is 7.90. The molecule has 0 spiro atoms. The normalized spacial score (nSPS) is 19.9. The molecule has 1 aromatic rings. The molecule has 16 heavy (non-hydrogen) atoms. The molecule has 0 aromatic heterocycles. The zero-order chi connectivity index (χ0) is 11.8. The Balaban J connectivity index is 0.000000606. The molecule has 1 nitrogen and oxygen atoms in total. The number of rotatable bonds is 2. The lowest BCUT2D eigenvalue weighted by Crippen LogP contribution is -2.35. The van der Waals surface area contributed by atoms with Gasteiger partial charge in [-0.15, -0.1) is 0 Å². The average Bonchev–Trinajstić information content (AvgIpc) is 2.42. The molecule has 90 valence electrons. The molecule has 1 unspecified atom stereocenters. The summed E-state index contributed by atoms with van der Waals surface area (Å²) in [5.74, 6) is 0.906. The summed E-state index contributed by atoms with van der Waals surface area (Å²) < 4.78 is 0. The molecule has 1 fully saturated rings. The van der Waals surface area contributed by atoms with E-state index in [0.717, 1.165) is 5.92 Å². The molecule has 0 saturated carbocycles. The van der Waals surface area contributed by atoms with Crippen LogP contribution in [0.2, 0.25) is 0 Å². The maximum atomic E-state index is 2.53. The van der Waals surface area contributed by atoms with Crippen LogP contribution in [0.25, 0.3) is 0 Å². The van der Waals surface area contributed by atoms with Crippen LogP contribution < -0.4 is 4.90 Å². The highest BCUT2D eigenvalue weighted by Gasteiger charge is 2.17. The Morgan fingerprint density at radius 2 is 1.88 bits per heavy atom. The van der Waals surface area contributed by atoms with Gasteiger partial charge in [-0.25, -0.2) is 0 Å². The molecule has 0 bridgehead atoms. The standard InChI is InChI=1S/C13H19N.C2H6/c1-2-12-7-6-10-14(11-12)13-8-4-3-5-9-13;1-2/h3-5,8-9,12H,2,6-7,10-11H2,1H3;1-2H3. The lowest BCUT2D eigenvalue weighted by molar-refractivity contribution is 0.405. The predicted octanol–water partition coefficient (Wildman–Crippen LogP) is 4.34. The second-order valence-corrected chi connectivity index (χ2v) is 4.20. The largest absolute Gasteiger partial charge is 0.371 e. The van der Waals surface area contributed by atoms with Crippen molar-refractivity contribution in [3.05, 3.63) is 30.3 Å². The molecule has 1 heteroatoms. The molecule has 2 rings (SSSR count). The highest BCUT2D eigenvalue weighted by Crippen LogP contribution is 2.24. The Hall–Kier alpha value is -0.980. The van der Waals surface area contributed by atoms with Crippen LogP contribution in [0.3, 0.4) is 0 Å². The Morgan fingerprint density at radius 1 is 1.19 bits per heavy atom. The Kier molecular flexibility index (Phi) is 5.99. The Morgan fingerprint density at radius 3 is 2.50 bits per heavy atom. The first kappa shape index (κ1) is 13.1. The fourth-order valence-corrected chi connectivity index (χ4v) is 2.27. The number of anilines is 1. The van der Waals surface area contributed by atoms with Gasteiger partial charge in [-0.3, -0.25) is 0 Å². The van der Waals surface area contributed by atoms with Gasteiger partial charge in [0.1, 0.15) is 0 Å². The summed E-state index contributed by atoms with van der Waals surface area (Å²) in [5, 5.41) is 0. The summed E-state index contributed by atoms with van der Waals surface area (Å²) in [7, 11) is 0. The number of para-hydroxylation sites is 1. The summed E-state index contributed by atoms with van der Waals surface area (Å²) in [6.07, 6.45) is 4.09. The molecule has 0 amide bonds. The maximum Gasteiger partial charge on any atom is 0.0366 e. The lowest BCUT2D eigenvalue weighted by atomic mass is 9.95. The van der Waals surface area contributed by atoms with Crippen molar-refractivity contribution >= 4 is 5.69 Å². The van der Waals surface area contributed by atoms with E-state index in [1.54, 1.807) is 0 Å². The highest BCUT2D eigenvalue weighted by atomic mass is 15.1. The summed E-state index contributed by atoms with van der Waals surface area (Å²) in [4.78, 5) is 2.53. The van der Waals surface area contributed by atoms with Crippen molar-refractivity contribution in [3.63, 3.8) is 0 Å². The van der Waals surface area contributed by atoms with E-state index in [1.807, 2.05) is 13.8 Å². The quantitative estimate of drug-likeness (QED) is 0.715. The first-order valence-corrected chi connectivity index (χ1v) is 6.70. The van der Waals surface area contributed by atoms with Crippen molar-refractivity contribution < 1.29 is 0 Å². The summed E-state index contributed by atoms with van der Waals surface area (Å²) in [6.45, 7) is 8.79. The number of piperidine rings is 1. The van der Waals surface area contributed by atoms with Crippen LogP contribution in [0, 0.1) is 5.92 Å². The molecule has 1 aliphatic rings. The number of hydrogen-bond acceptors (Lipinski definition) is 1. The number of hydrogen-bond donors (Lipinski definition) is 0. The molecule has 0 radical (unpaired) electrons. The second-order valence-electron chi connectivity index (χ2n) is 4.20. The van der Waals surface area contributed by atoms with Gasteiger partial charge in [0.2, 0.25) is 0 Å². The van der Waals surface area contributed by atoms with Crippen LogP contribution >= 0.6 is 0 Å². The lowest BCUT2D eigenvalue weighted by Gasteiger charge is -2.34. The van der Waals surface area contributed by atoms with Gasteiger partial charge in [0, 0.05) is 18.8 Å². The van der Waals surface area contributed by atoms with Gasteiger partial charge >= 0.3 is 0 Å². The molecule has 1 aromatic carbocycles. The summed E-state index contributed by atoms with van der Waals surface area (Å²) >= 11 is 0. The van der Waals surface area contributed by atoms with Crippen LogP contribution in [-0.2, 0) is 0 Å². The smallest absolute Gasteiger partial charge is 0.0366 e. The fraction of sp³-hybridized carbons (Fsp3) is 0.600. The van der Waals surface area contributed by atoms with Crippen LogP contribution in [0.5, 0.6) is 0 Å². The third-order valence-corrected chi connectivity index (χ3v) is 3.22. The van der Waals surface area contributed by atoms with E-state index in [4.69, 9.17) is 0 Å². The van der Waals surface area contributed by atoms with Crippen molar-refractivity contribution in [2.24, 2.45) is 5.92 Å². The van der Waals surface area contributed by atoms with E-state index in [-0.39, 0.29) is 0 Å². The number of nitrogens with zero attached hydrogens (tertiary/aromatic N) is 1. The zero-order valence-electron chi connectivity index (χ0n) is 10.9.